The van der Waals surface area contributed by atoms with Gasteiger partial charge in [0.05, 0.1) is 0 Å². The molecule has 1 aromatic carbocycles. The van der Waals surface area contributed by atoms with E-state index in [0.29, 0.717) is 0 Å². The van der Waals surface area contributed by atoms with Crippen LogP contribution in [0.25, 0.3) is 0 Å². The molecular weight excluding hydrogens is 296 g/mol. The van der Waals surface area contributed by atoms with Gasteiger partial charge in [0, 0.05) is 21.0 Å². The van der Waals surface area contributed by atoms with Crippen molar-refractivity contribution in [1.82, 2.24) is 0 Å². The zero-order valence-electron chi connectivity index (χ0n) is 10.0. The smallest absolute Gasteiger partial charge is 0.194 e. The van der Waals surface area contributed by atoms with Crippen molar-refractivity contribution >= 4 is 33.0 Å². The van der Waals surface area contributed by atoms with Gasteiger partial charge in [0.15, 0.2) is 5.78 Å². The fraction of sp³-hybridized carbons (Fsp3) is 0.214. The van der Waals surface area contributed by atoms with E-state index < -0.39 is 0 Å². The maximum atomic E-state index is 12.4. The van der Waals surface area contributed by atoms with Gasteiger partial charge in [0.2, 0.25) is 0 Å². The normalized spacial score (nSPS) is 10.6. The van der Waals surface area contributed by atoms with Crippen molar-refractivity contribution in [3.63, 3.8) is 0 Å². The molecule has 0 amide bonds. The van der Waals surface area contributed by atoms with Crippen molar-refractivity contribution in [3.8, 4) is 0 Å². The summed E-state index contributed by atoms with van der Waals surface area (Å²) in [5.74, 6) is 0.122. The predicted molar refractivity (Wildman–Crippen MR) is 76.1 cm³/mol. The van der Waals surface area contributed by atoms with Crippen LogP contribution in [0.2, 0.25) is 0 Å². The van der Waals surface area contributed by atoms with Gasteiger partial charge in [-0.15, -0.1) is 0 Å². The Morgan fingerprint density at radius 2 is 1.71 bits per heavy atom. The summed E-state index contributed by atoms with van der Waals surface area (Å²) in [4.78, 5) is 12.4. The molecular formula is C14H13BrOS. The molecule has 0 aliphatic rings. The minimum absolute atomic E-state index is 0.122. The minimum atomic E-state index is 0.122. The van der Waals surface area contributed by atoms with Crippen molar-refractivity contribution < 1.29 is 4.79 Å². The maximum absolute atomic E-state index is 12.4. The third kappa shape index (κ3) is 2.35. The molecule has 17 heavy (non-hydrogen) atoms. The van der Waals surface area contributed by atoms with Gasteiger partial charge in [-0.3, -0.25) is 4.79 Å². The third-order valence-electron chi connectivity index (χ3n) is 2.85. The molecule has 2 rings (SSSR count). The molecule has 0 saturated carbocycles. The van der Waals surface area contributed by atoms with E-state index in [4.69, 9.17) is 0 Å². The highest BCUT2D eigenvalue weighted by molar-refractivity contribution is 9.10. The Hall–Kier alpha value is -0.930. The summed E-state index contributed by atoms with van der Waals surface area (Å²) < 4.78 is 1.05. The van der Waals surface area contributed by atoms with E-state index in [1.54, 1.807) is 11.3 Å². The molecule has 1 nitrogen and oxygen atoms in total. The van der Waals surface area contributed by atoms with Crippen LogP contribution in [-0.4, -0.2) is 5.78 Å². The van der Waals surface area contributed by atoms with Crippen LogP contribution in [0.1, 0.15) is 32.6 Å². The number of carbonyl (C=O) groups excluding carboxylic acids is 1. The molecule has 2 aromatic rings. The number of hydrogen-bond acceptors (Lipinski definition) is 2. The molecule has 0 fully saturated rings. The number of rotatable bonds is 2. The molecule has 1 heterocycles. The summed E-state index contributed by atoms with van der Waals surface area (Å²) in [7, 11) is 0. The Kier molecular flexibility index (Phi) is 3.50. The number of carbonyl (C=O) groups is 1. The van der Waals surface area contributed by atoms with E-state index in [1.165, 1.54) is 0 Å². The first-order valence-corrected chi connectivity index (χ1v) is 7.08. The molecule has 0 saturated heterocycles. The molecule has 0 radical (unpaired) electrons. The van der Waals surface area contributed by atoms with Crippen LogP contribution in [-0.2, 0) is 0 Å². The molecule has 3 heteroatoms. The molecule has 0 aliphatic heterocycles. The zero-order valence-corrected chi connectivity index (χ0v) is 12.4. The predicted octanol–water partition coefficient (Wildman–Crippen LogP) is 4.67. The van der Waals surface area contributed by atoms with Crippen LogP contribution >= 0.6 is 27.3 Å². The third-order valence-corrected chi connectivity index (χ3v) is 4.57. The lowest BCUT2D eigenvalue weighted by atomic mass is 9.97. The Morgan fingerprint density at radius 1 is 1.00 bits per heavy atom. The molecule has 88 valence electrons. The molecule has 0 atom stereocenters. The number of thiophene rings is 1. The van der Waals surface area contributed by atoms with Gasteiger partial charge in [-0.1, -0.05) is 15.9 Å². The highest BCUT2D eigenvalue weighted by Crippen LogP contribution is 2.25. The lowest BCUT2D eigenvalue weighted by Gasteiger charge is -2.08. The van der Waals surface area contributed by atoms with Crippen LogP contribution in [0.3, 0.4) is 0 Å². The van der Waals surface area contributed by atoms with Gasteiger partial charge in [0.25, 0.3) is 0 Å². The lowest BCUT2D eigenvalue weighted by Crippen LogP contribution is -2.04. The first kappa shape index (κ1) is 12.5. The highest BCUT2D eigenvalue weighted by Gasteiger charge is 2.15. The first-order valence-electron chi connectivity index (χ1n) is 5.35. The van der Waals surface area contributed by atoms with Gasteiger partial charge in [-0.25, -0.2) is 0 Å². The molecule has 0 N–H and O–H groups in total. The maximum Gasteiger partial charge on any atom is 0.194 e. The van der Waals surface area contributed by atoms with Crippen LogP contribution in [0.15, 0.2) is 27.4 Å². The fourth-order valence-corrected chi connectivity index (χ4v) is 3.05. The van der Waals surface area contributed by atoms with Gasteiger partial charge in [-0.2, -0.15) is 11.3 Å². The second-order valence-corrected chi connectivity index (χ2v) is 5.81. The topological polar surface area (TPSA) is 17.1 Å². The van der Waals surface area contributed by atoms with Crippen molar-refractivity contribution in [3.05, 3.63) is 55.2 Å². The average Bonchev–Trinajstić information content (AvgIpc) is 2.69. The van der Waals surface area contributed by atoms with E-state index in [0.717, 1.165) is 32.3 Å². The van der Waals surface area contributed by atoms with Crippen LogP contribution in [0.5, 0.6) is 0 Å². The number of hydrogen-bond donors (Lipinski definition) is 0. The summed E-state index contributed by atoms with van der Waals surface area (Å²) in [6, 6.07) is 3.96. The van der Waals surface area contributed by atoms with Gasteiger partial charge >= 0.3 is 0 Å². The number of halogens is 1. The van der Waals surface area contributed by atoms with Crippen LogP contribution in [0.4, 0.5) is 0 Å². The van der Waals surface area contributed by atoms with Crippen LogP contribution < -0.4 is 0 Å². The van der Waals surface area contributed by atoms with E-state index in [9.17, 15) is 4.79 Å². The average molecular weight is 309 g/mol. The van der Waals surface area contributed by atoms with Crippen molar-refractivity contribution in [2.45, 2.75) is 20.8 Å². The molecule has 0 unspecified atom stereocenters. The number of ketones is 1. The zero-order chi connectivity index (χ0) is 12.6. The number of aryl methyl sites for hydroxylation is 3. The molecule has 1 aromatic heterocycles. The second-order valence-electron chi connectivity index (χ2n) is 4.21. The number of benzene rings is 1. The molecule has 0 bridgehead atoms. The summed E-state index contributed by atoms with van der Waals surface area (Å²) >= 11 is 5.06. The van der Waals surface area contributed by atoms with Crippen molar-refractivity contribution in [2.24, 2.45) is 0 Å². The van der Waals surface area contributed by atoms with E-state index in [-0.39, 0.29) is 5.78 Å². The Labute approximate surface area is 114 Å². The SMILES string of the molecule is Cc1cc(C(=O)c2cscc2C)c(C)cc1Br. The fourth-order valence-electron chi connectivity index (χ4n) is 1.76. The van der Waals surface area contributed by atoms with E-state index in [1.807, 2.05) is 43.7 Å². The summed E-state index contributed by atoms with van der Waals surface area (Å²) in [5, 5.41) is 3.93. The van der Waals surface area contributed by atoms with Gasteiger partial charge in [-0.05, 0) is 55.0 Å². The lowest BCUT2D eigenvalue weighted by molar-refractivity contribution is 0.103. The highest BCUT2D eigenvalue weighted by atomic mass is 79.9. The molecule has 0 spiro atoms. The minimum Gasteiger partial charge on any atom is -0.289 e. The summed E-state index contributed by atoms with van der Waals surface area (Å²) in [6.45, 7) is 5.95. The Bertz CT molecular complexity index is 584. The van der Waals surface area contributed by atoms with Crippen molar-refractivity contribution in [1.29, 1.82) is 0 Å². The van der Waals surface area contributed by atoms with Gasteiger partial charge in [0.1, 0.15) is 0 Å². The van der Waals surface area contributed by atoms with Crippen molar-refractivity contribution in [2.75, 3.05) is 0 Å². The largest absolute Gasteiger partial charge is 0.289 e. The van der Waals surface area contributed by atoms with E-state index >= 15 is 0 Å². The Balaban J connectivity index is 2.52. The first-order chi connectivity index (χ1) is 8.00. The second kappa shape index (κ2) is 4.75. The summed E-state index contributed by atoms with van der Waals surface area (Å²) in [6.07, 6.45) is 0. The Morgan fingerprint density at radius 3 is 2.29 bits per heavy atom. The monoisotopic (exact) mass is 308 g/mol. The molecule has 0 aliphatic carbocycles. The van der Waals surface area contributed by atoms with E-state index in [2.05, 4.69) is 15.9 Å². The van der Waals surface area contributed by atoms with Crippen LogP contribution in [0, 0.1) is 20.8 Å². The standard InChI is InChI=1S/C14H13BrOS/c1-8-5-13(15)9(2)4-11(8)14(16)12-7-17-6-10(12)3/h4-7H,1-3H3. The van der Waals surface area contributed by atoms with Gasteiger partial charge < -0.3 is 0 Å². The summed E-state index contributed by atoms with van der Waals surface area (Å²) in [5.41, 5.74) is 4.77. The quantitative estimate of drug-likeness (QED) is 0.737.